The lowest BCUT2D eigenvalue weighted by molar-refractivity contribution is 0.626. The second-order valence-electron chi connectivity index (χ2n) is 8.27. The van der Waals surface area contributed by atoms with E-state index in [4.69, 9.17) is 9.97 Å². The van der Waals surface area contributed by atoms with Crippen molar-refractivity contribution in [2.75, 3.05) is 0 Å². The van der Waals surface area contributed by atoms with Gasteiger partial charge in [0.15, 0.2) is 16.3 Å². The predicted octanol–water partition coefficient (Wildman–Crippen LogP) is 3.91. The number of benzene rings is 2. The molecule has 0 aliphatic rings. The molecule has 0 aliphatic carbocycles. The first-order chi connectivity index (χ1) is 16.6. The summed E-state index contributed by atoms with van der Waals surface area (Å²) in [5.74, 6) is 1.30. The van der Waals surface area contributed by atoms with Crippen molar-refractivity contribution in [3.05, 3.63) is 86.8 Å². The number of unbranched alkanes of at least 4 members (excludes halogenated alkanes) is 1. The van der Waals surface area contributed by atoms with Crippen LogP contribution >= 0.6 is 11.8 Å². The summed E-state index contributed by atoms with van der Waals surface area (Å²) in [7, 11) is 2.00. The Labute approximate surface area is 200 Å². The van der Waals surface area contributed by atoms with Crippen LogP contribution in [0.25, 0.3) is 22.2 Å². The standard InChI is InChI=1S/C25H26N6O2S/c1-3-4-14-30-20(16-34-25-26-18-12-8-9-13-19(18)29(25)2)27-22-21(30)23(32)28-24(33)31(22)15-17-10-6-5-7-11-17/h5-13H,3-4,14-16H2,1-2H3,(H,28,32,33). The number of para-hydroxylation sites is 2. The second kappa shape index (κ2) is 9.34. The van der Waals surface area contributed by atoms with Crippen LogP contribution in [0.15, 0.2) is 69.3 Å². The number of imidazole rings is 2. The van der Waals surface area contributed by atoms with Gasteiger partial charge in [0.1, 0.15) is 5.82 Å². The minimum absolute atomic E-state index is 0.342. The van der Waals surface area contributed by atoms with E-state index in [1.807, 2.05) is 66.2 Å². The van der Waals surface area contributed by atoms with Gasteiger partial charge in [-0.2, -0.15) is 0 Å². The maximum absolute atomic E-state index is 12.9. The Morgan fingerprint density at radius 3 is 2.50 bits per heavy atom. The van der Waals surface area contributed by atoms with E-state index in [1.54, 1.807) is 16.3 Å². The molecule has 0 unspecified atom stereocenters. The molecule has 0 saturated heterocycles. The van der Waals surface area contributed by atoms with E-state index in [0.29, 0.717) is 30.0 Å². The summed E-state index contributed by atoms with van der Waals surface area (Å²) in [6.07, 6.45) is 1.89. The number of hydrogen-bond donors (Lipinski definition) is 1. The summed E-state index contributed by atoms with van der Waals surface area (Å²) < 4.78 is 5.59. The Balaban J connectivity index is 1.58. The zero-order chi connectivity index (χ0) is 23.7. The van der Waals surface area contributed by atoms with Gasteiger partial charge in [-0.25, -0.2) is 14.8 Å². The molecule has 0 aliphatic heterocycles. The summed E-state index contributed by atoms with van der Waals surface area (Å²) in [5.41, 5.74) is 3.01. The predicted molar refractivity (Wildman–Crippen MR) is 135 cm³/mol. The first-order valence-electron chi connectivity index (χ1n) is 11.4. The van der Waals surface area contributed by atoms with E-state index in [0.717, 1.165) is 40.4 Å². The number of nitrogens with zero attached hydrogens (tertiary/aromatic N) is 5. The molecular formula is C25H26N6O2S. The average molecular weight is 475 g/mol. The Kier molecular flexibility index (Phi) is 6.10. The normalized spacial score (nSPS) is 11.6. The molecule has 3 heterocycles. The SMILES string of the molecule is CCCCn1c(CSc2nc3ccccc3n2C)nc2c1c(=O)[nH]c(=O)n2Cc1ccccc1. The highest BCUT2D eigenvalue weighted by Crippen LogP contribution is 2.26. The van der Waals surface area contributed by atoms with E-state index in [-0.39, 0.29) is 0 Å². The van der Waals surface area contributed by atoms with E-state index in [1.165, 1.54) is 0 Å². The van der Waals surface area contributed by atoms with Crippen LogP contribution in [0.1, 0.15) is 31.2 Å². The minimum Gasteiger partial charge on any atom is -0.322 e. The van der Waals surface area contributed by atoms with Crippen molar-refractivity contribution in [3.63, 3.8) is 0 Å². The summed E-state index contributed by atoms with van der Waals surface area (Å²) in [4.78, 5) is 37.7. The van der Waals surface area contributed by atoms with Gasteiger partial charge in [0.25, 0.3) is 5.56 Å². The number of aromatic amines is 1. The summed E-state index contributed by atoms with van der Waals surface area (Å²) in [5, 5.41) is 0.880. The van der Waals surface area contributed by atoms with Gasteiger partial charge in [-0.1, -0.05) is 67.6 Å². The maximum atomic E-state index is 12.9. The number of hydrogen-bond acceptors (Lipinski definition) is 5. The fourth-order valence-corrected chi connectivity index (χ4v) is 5.11. The molecule has 3 aromatic heterocycles. The molecule has 0 amide bonds. The van der Waals surface area contributed by atoms with Crippen LogP contribution in [-0.2, 0) is 25.9 Å². The van der Waals surface area contributed by atoms with Gasteiger partial charge in [0.05, 0.1) is 23.3 Å². The maximum Gasteiger partial charge on any atom is 0.330 e. The molecule has 0 saturated carbocycles. The summed E-state index contributed by atoms with van der Waals surface area (Å²) >= 11 is 1.58. The monoisotopic (exact) mass is 474 g/mol. The zero-order valence-electron chi connectivity index (χ0n) is 19.2. The van der Waals surface area contributed by atoms with Crippen molar-refractivity contribution in [3.8, 4) is 0 Å². The second-order valence-corrected chi connectivity index (χ2v) is 9.21. The highest BCUT2D eigenvalue weighted by Gasteiger charge is 2.19. The molecular weight excluding hydrogens is 448 g/mol. The van der Waals surface area contributed by atoms with Crippen LogP contribution in [0.5, 0.6) is 0 Å². The van der Waals surface area contributed by atoms with Crippen LogP contribution in [0, 0.1) is 0 Å². The summed E-state index contributed by atoms with van der Waals surface area (Å²) in [6, 6.07) is 17.7. The van der Waals surface area contributed by atoms with Gasteiger partial charge in [-0.15, -0.1) is 0 Å². The van der Waals surface area contributed by atoms with Crippen molar-refractivity contribution in [2.45, 2.75) is 43.8 Å². The van der Waals surface area contributed by atoms with Crippen LogP contribution in [0.3, 0.4) is 0 Å². The molecule has 5 aromatic rings. The van der Waals surface area contributed by atoms with E-state index >= 15 is 0 Å². The van der Waals surface area contributed by atoms with Gasteiger partial charge in [0, 0.05) is 13.6 Å². The third-order valence-corrected chi connectivity index (χ3v) is 6.99. The van der Waals surface area contributed by atoms with Crippen LogP contribution in [-0.4, -0.2) is 28.7 Å². The van der Waals surface area contributed by atoms with E-state index < -0.39 is 11.2 Å². The molecule has 34 heavy (non-hydrogen) atoms. The van der Waals surface area contributed by atoms with E-state index in [2.05, 4.69) is 16.5 Å². The largest absolute Gasteiger partial charge is 0.330 e. The van der Waals surface area contributed by atoms with Gasteiger partial charge in [-0.05, 0) is 24.1 Å². The molecule has 0 fully saturated rings. The fourth-order valence-electron chi connectivity index (χ4n) is 4.18. The molecule has 2 aromatic carbocycles. The first-order valence-corrected chi connectivity index (χ1v) is 12.4. The molecule has 0 atom stereocenters. The molecule has 1 N–H and O–H groups in total. The van der Waals surface area contributed by atoms with Crippen molar-refractivity contribution >= 4 is 34.0 Å². The minimum atomic E-state index is -0.448. The third kappa shape index (κ3) is 4.07. The quantitative estimate of drug-likeness (QED) is 0.344. The Morgan fingerprint density at radius 1 is 0.971 bits per heavy atom. The topological polar surface area (TPSA) is 90.5 Å². The third-order valence-electron chi connectivity index (χ3n) is 5.96. The molecule has 9 heteroatoms. The highest BCUT2D eigenvalue weighted by molar-refractivity contribution is 7.98. The van der Waals surface area contributed by atoms with Gasteiger partial charge in [-0.3, -0.25) is 14.3 Å². The number of H-pyrrole nitrogens is 1. The fraction of sp³-hybridized carbons (Fsp3) is 0.280. The van der Waals surface area contributed by atoms with Crippen molar-refractivity contribution in [1.29, 1.82) is 0 Å². The van der Waals surface area contributed by atoms with E-state index in [9.17, 15) is 9.59 Å². The van der Waals surface area contributed by atoms with Crippen molar-refractivity contribution in [2.24, 2.45) is 7.05 Å². The number of fused-ring (bicyclic) bond motifs is 2. The lowest BCUT2D eigenvalue weighted by Gasteiger charge is -2.09. The number of thioether (sulfide) groups is 1. The van der Waals surface area contributed by atoms with Gasteiger partial charge >= 0.3 is 5.69 Å². The number of aryl methyl sites for hydroxylation is 2. The molecule has 0 bridgehead atoms. The highest BCUT2D eigenvalue weighted by atomic mass is 32.2. The van der Waals surface area contributed by atoms with Gasteiger partial charge in [0.2, 0.25) is 0 Å². The van der Waals surface area contributed by atoms with Crippen molar-refractivity contribution < 1.29 is 0 Å². The van der Waals surface area contributed by atoms with Gasteiger partial charge < -0.3 is 9.13 Å². The van der Waals surface area contributed by atoms with Crippen LogP contribution in [0.2, 0.25) is 0 Å². The Bertz CT molecular complexity index is 1580. The summed E-state index contributed by atoms with van der Waals surface area (Å²) in [6.45, 7) is 3.12. The van der Waals surface area contributed by atoms with Crippen LogP contribution < -0.4 is 11.2 Å². The molecule has 0 spiro atoms. The van der Waals surface area contributed by atoms with Crippen molar-refractivity contribution in [1.82, 2.24) is 28.7 Å². The molecule has 0 radical (unpaired) electrons. The number of rotatable bonds is 8. The first kappa shape index (κ1) is 22.2. The number of nitrogens with one attached hydrogen (secondary N) is 1. The number of aromatic nitrogens is 6. The lowest BCUT2D eigenvalue weighted by Crippen LogP contribution is -2.31. The molecule has 8 nitrogen and oxygen atoms in total. The lowest BCUT2D eigenvalue weighted by atomic mass is 10.2. The Morgan fingerprint density at radius 2 is 1.74 bits per heavy atom. The molecule has 174 valence electrons. The van der Waals surface area contributed by atoms with Crippen LogP contribution in [0.4, 0.5) is 0 Å². The smallest absolute Gasteiger partial charge is 0.322 e. The average Bonchev–Trinajstić information content (AvgIpc) is 3.37. The molecule has 5 rings (SSSR count). The Hall–Kier alpha value is -3.59. The zero-order valence-corrected chi connectivity index (χ0v) is 20.0.